The Balaban J connectivity index is 3.04. The quantitative estimate of drug-likeness (QED) is 0.662. The van der Waals surface area contributed by atoms with Crippen LogP contribution in [0.4, 0.5) is 0 Å². The summed E-state index contributed by atoms with van der Waals surface area (Å²) in [7, 11) is 0. The van der Waals surface area contributed by atoms with E-state index in [1.165, 1.54) is 15.6 Å². The summed E-state index contributed by atoms with van der Waals surface area (Å²) in [5, 5.41) is 0. The second-order valence-electron chi connectivity index (χ2n) is 2.68. The van der Waals surface area contributed by atoms with Gasteiger partial charge in [-0.1, -0.05) is 51.8 Å². The predicted octanol–water partition coefficient (Wildman–Crippen LogP) is 3.83. The molecule has 0 bridgehead atoms. The maximum atomic E-state index is 3.53. The second-order valence-corrected chi connectivity index (χ2v) is 3.47. The molecule has 0 radical (unpaired) electrons. The van der Waals surface area contributed by atoms with Gasteiger partial charge in [0.25, 0.3) is 0 Å². The van der Waals surface area contributed by atoms with Gasteiger partial charge < -0.3 is 0 Å². The van der Waals surface area contributed by atoms with Crippen molar-refractivity contribution in [1.82, 2.24) is 0 Å². The van der Waals surface area contributed by atoms with Crippen molar-refractivity contribution in [2.75, 3.05) is 0 Å². The molecule has 0 fully saturated rings. The zero-order valence-electron chi connectivity index (χ0n) is 6.76. The molecule has 58 valence electrons. The highest BCUT2D eigenvalue weighted by molar-refractivity contribution is 9.15. The van der Waals surface area contributed by atoms with Crippen LogP contribution in [0.25, 0.3) is 4.48 Å². The fraction of sp³-hybridized carbons (Fsp3) is 0.200. The molecular formula is C10H11Br. The minimum absolute atomic E-state index is 1.19. The molecule has 0 amide bonds. The first-order chi connectivity index (χ1) is 5.22. The van der Waals surface area contributed by atoms with Crippen molar-refractivity contribution in [3.63, 3.8) is 0 Å². The molecule has 0 aliphatic rings. The molecule has 1 heteroatoms. The standard InChI is InChI=1S/C10H11Br/c1-8(2)10(11)9-6-4-3-5-7-9/h3-7H,1-2H3. The third-order valence-electron chi connectivity index (χ3n) is 1.47. The largest absolute Gasteiger partial charge is 0.0622 e. The van der Waals surface area contributed by atoms with Gasteiger partial charge in [0, 0.05) is 4.48 Å². The highest BCUT2D eigenvalue weighted by Gasteiger charge is 1.95. The van der Waals surface area contributed by atoms with E-state index in [1.54, 1.807) is 0 Å². The van der Waals surface area contributed by atoms with E-state index < -0.39 is 0 Å². The number of rotatable bonds is 1. The van der Waals surface area contributed by atoms with Gasteiger partial charge in [-0.05, 0) is 19.4 Å². The molecular weight excluding hydrogens is 200 g/mol. The van der Waals surface area contributed by atoms with Gasteiger partial charge in [-0.25, -0.2) is 0 Å². The Kier molecular flexibility index (Phi) is 2.89. The molecule has 0 N–H and O–H groups in total. The zero-order valence-corrected chi connectivity index (χ0v) is 8.35. The van der Waals surface area contributed by atoms with Crippen LogP contribution < -0.4 is 0 Å². The van der Waals surface area contributed by atoms with Crippen molar-refractivity contribution in [2.45, 2.75) is 13.8 Å². The van der Waals surface area contributed by atoms with Crippen LogP contribution in [-0.4, -0.2) is 0 Å². The third-order valence-corrected chi connectivity index (χ3v) is 2.72. The van der Waals surface area contributed by atoms with E-state index in [4.69, 9.17) is 0 Å². The van der Waals surface area contributed by atoms with Crippen molar-refractivity contribution in [3.8, 4) is 0 Å². The number of benzene rings is 1. The molecule has 0 aliphatic carbocycles. The van der Waals surface area contributed by atoms with Crippen molar-refractivity contribution in [1.29, 1.82) is 0 Å². The lowest BCUT2D eigenvalue weighted by Crippen LogP contribution is -1.76. The van der Waals surface area contributed by atoms with Crippen molar-refractivity contribution < 1.29 is 0 Å². The summed E-state index contributed by atoms with van der Waals surface area (Å²) in [5.41, 5.74) is 2.55. The van der Waals surface area contributed by atoms with Gasteiger partial charge >= 0.3 is 0 Å². The summed E-state index contributed by atoms with van der Waals surface area (Å²) in [6.07, 6.45) is 0. The van der Waals surface area contributed by atoms with Gasteiger partial charge in [-0.3, -0.25) is 0 Å². The molecule has 0 heterocycles. The van der Waals surface area contributed by atoms with Gasteiger partial charge in [0.15, 0.2) is 0 Å². The van der Waals surface area contributed by atoms with Gasteiger partial charge in [0.1, 0.15) is 0 Å². The SMILES string of the molecule is CC(C)=C(Br)c1ccccc1. The molecule has 0 spiro atoms. The van der Waals surface area contributed by atoms with E-state index in [0.717, 1.165) is 0 Å². The summed E-state index contributed by atoms with van der Waals surface area (Å²) >= 11 is 3.53. The highest BCUT2D eigenvalue weighted by atomic mass is 79.9. The first kappa shape index (κ1) is 8.54. The van der Waals surface area contributed by atoms with Gasteiger partial charge in [-0.2, -0.15) is 0 Å². The van der Waals surface area contributed by atoms with Gasteiger partial charge in [0.2, 0.25) is 0 Å². The van der Waals surface area contributed by atoms with Crippen LogP contribution in [0.3, 0.4) is 0 Å². The van der Waals surface area contributed by atoms with E-state index in [-0.39, 0.29) is 0 Å². The molecule has 0 saturated carbocycles. The molecule has 0 aliphatic heterocycles. The summed E-state index contributed by atoms with van der Waals surface area (Å²) in [6.45, 7) is 4.19. The fourth-order valence-electron chi connectivity index (χ4n) is 0.873. The molecule has 11 heavy (non-hydrogen) atoms. The molecule has 1 rings (SSSR count). The average Bonchev–Trinajstić information content (AvgIpc) is 2.05. The summed E-state index contributed by atoms with van der Waals surface area (Å²) in [6, 6.07) is 10.3. The normalized spacial score (nSPS) is 9.36. The Morgan fingerprint density at radius 3 is 2.09 bits per heavy atom. The number of hydrogen-bond donors (Lipinski definition) is 0. The molecule has 1 aromatic carbocycles. The van der Waals surface area contributed by atoms with Crippen molar-refractivity contribution in [2.24, 2.45) is 0 Å². The monoisotopic (exact) mass is 210 g/mol. The molecule has 0 aromatic heterocycles. The number of allylic oxidation sites excluding steroid dienone is 1. The van der Waals surface area contributed by atoms with E-state index in [0.29, 0.717) is 0 Å². The van der Waals surface area contributed by atoms with Crippen LogP contribution in [0.1, 0.15) is 19.4 Å². The van der Waals surface area contributed by atoms with Crippen LogP contribution in [-0.2, 0) is 0 Å². The number of halogens is 1. The fourth-order valence-corrected chi connectivity index (χ4v) is 1.14. The molecule has 0 nitrogen and oxygen atoms in total. The lowest BCUT2D eigenvalue weighted by molar-refractivity contribution is 1.41. The van der Waals surface area contributed by atoms with Crippen LogP contribution >= 0.6 is 15.9 Å². The summed E-state index contributed by atoms with van der Waals surface area (Å²) in [5.74, 6) is 0. The Bertz CT molecular complexity index is 255. The van der Waals surface area contributed by atoms with Crippen molar-refractivity contribution >= 4 is 20.4 Å². The summed E-state index contributed by atoms with van der Waals surface area (Å²) < 4.78 is 1.19. The molecule has 0 atom stereocenters. The van der Waals surface area contributed by atoms with Gasteiger partial charge in [-0.15, -0.1) is 0 Å². The lowest BCUT2D eigenvalue weighted by atomic mass is 10.1. The Morgan fingerprint density at radius 2 is 1.64 bits per heavy atom. The van der Waals surface area contributed by atoms with Crippen molar-refractivity contribution in [3.05, 3.63) is 41.5 Å². The van der Waals surface area contributed by atoms with E-state index in [1.807, 2.05) is 18.2 Å². The first-order valence-electron chi connectivity index (χ1n) is 3.60. The van der Waals surface area contributed by atoms with Crippen LogP contribution in [0, 0.1) is 0 Å². The van der Waals surface area contributed by atoms with Crippen LogP contribution in [0.15, 0.2) is 35.9 Å². The van der Waals surface area contributed by atoms with E-state index >= 15 is 0 Å². The summed E-state index contributed by atoms with van der Waals surface area (Å²) in [4.78, 5) is 0. The van der Waals surface area contributed by atoms with E-state index in [2.05, 4.69) is 41.9 Å². The minimum atomic E-state index is 1.19. The average molecular weight is 211 g/mol. The Labute approximate surface area is 76.1 Å². The van der Waals surface area contributed by atoms with Gasteiger partial charge in [0.05, 0.1) is 0 Å². The maximum absolute atomic E-state index is 3.53. The molecule has 0 saturated heterocycles. The second kappa shape index (κ2) is 3.72. The lowest BCUT2D eigenvalue weighted by Gasteiger charge is -2.00. The third kappa shape index (κ3) is 2.19. The predicted molar refractivity (Wildman–Crippen MR) is 53.6 cm³/mol. The minimum Gasteiger partial charge on any atom is -0.0622 e. The number of hydrogen-bond acceptors (Lipinski definition) is 0. The topological polar surface area (TPSA) is 0 Å². The Hall–Kier alpha value is -0.560. The van der Waals surface area contributed by atoms with Crippen LogP contribution in [0.5, 0.6) is 0 Å². The van der Waals surface area contributed by atoms with Crippen LogP contribution in [0.2, 0.25) is 0 Å². The molecule has 1 aromatic rings. The maximum Gasteiger partial charge on any atom is 0.0234 e. The molecule has 0 unspecified atom stereocenters. The van der Waals surface area contributed by atoms with E-state index in [9.17, 15) is 0 Å². The smallest absolute Gasteiger partial charge is 0.0234 e. The Morgan fingerprint density at radius 1 is 1.09 bits per heavy atom. The first-order valence-corrected chi connectivity index (χ1v) is 4.39. The zero-order chi connectivity index (χ0) is 8.27. The highest BCUT2D eigenvalue weighted by Crippen LogP contribution is 2.23.